The van der Waals surface area contributed by atoms with Gasteiger partial charge in [-0.05, 0) is 36.2 Å². The van der Waals surface area contributed by atoms with Crippen LogP contribution in [0.2, 0.25) is 0 Å². The van der Waals surface area contributed by atoms with Gasteiger partial charge in [0, 0.05) is 23.1 Å². The van der Waals surface area contributed by atoms with E-state index in [9.17, 15) is 8.94 Å². The molecule has 1 fully saturated rings. The summed E-state index contributed by atoms with van der Waals surface area (Å²) < 4.78 is 25.7. The molecular weight excluding hydrogens is 317 g/mol. The molecule has 2 unspecified atom stereocenters. The first-order valence-electron chi connectivity index (χ1n) is 7.65. The average Bonchev–Trinajstić information content (AvgIpc) is 3.05. The van der Waals surface area contributed by atoms with Gasteiger partial charge in [0.15, 0.2) is 5.01 Å². The van der Waals surface area contributed by atoms with Gasteiger partial charge in [-0.2, -0.15) is 0 Å². The second-order valence-corrected chi connectivity index (χ2v) is 8.32. The molecule has 2 aromatic rings. The third-order valence-electron chi connectivity index (χ3n) is 4.66. The van der Waals surface area contributed by atoms with Crippen molar-refractivity contribution in [3.63, 3.8) is 0 Å². The maximum Gasteiger partial charge on any atom is 0.204 e. The number of aromatic nitrogens is 1. The van der Waals surface area contributed by atoms with E-state index in [0.717, 1.165) is 36.3 Å². The van der Waals surface area contributed by atoms with Gasteiger partial charge in [0.05, 0.1) is 6.26 Å². The molecule has 1 aromatic carbocycles. The van der Waals surface area contributed by atoms with E-state index in [-0.39, 0.29) is 5.82 Å². The monoisotopic (exact) mass is 337 g/mol. The molecule has 118 valence electrons. The van der Waals surface area contributed by atoms with Crippen molar-refractivity contribution in [1.82, 2.24) is 4.98 Å². The van der Waals surface area contributed by atoms with E-state index in [4.69, 9.17) is 0 Å². The minimum Gasteiger partial charge on any atom is -0.616 e. The van der Waals surface area contributed by atoms with Crippen LogP contribution in [0.15, 0.2) is 35.8 Å². The number of halogens is 1. The maximum absolute atomic E-state index is 13.4. The SMILES string of the molecule is C[S+]([O-])C(c1ccc(F)cc1)(c1nccs1)C1CCCCC1. The summed E-state index contributed by atoms with van der Waals surface area (Å²) in [5, 5.41) is 2.83. The zero-order valence-electron chi connectivity index (χ0n) is 12.6. The van der Waals surface area contributed by atoms with Crippen LogP contribution in [-0.2, 0) is 15.9 Å². The van der Waals surface area contributed by atoms with Gasteiger partial charge in [0.2, 0.25) is 4.75 Å². The summed E-state index contributed by atoms with van der Waals surface area (Å²) in [6, 6.07) is 6.50. The van der Waals surface area contributed by atoms with Crippen LogP contribution in [0.1, 0.15) is 42.7 Å². The highest BCUT2D eigenvalue weighted by Crippen LogP contribution is 2.49. The molecule has 1 aromatic heterocycles. The summed E-state index contributed by atoms with van der Waals surface area (Å²) in [7, 11) is 0. The lowest BCUT2D eigenvalue weighted by Crippen LogP contribution is -2.44. The van der Waals surface area contributed by atoms with Gasteiger partial charge in [-0.3, -0.25) is 0 Å². The summed E-state index contributed by atoms with van der Waals surface area (Å²) in [5.41, 5.74) is 0.927. The maximum atomic E-state index is 13.4. The molecule has 0 bridgehead atoms. The average molecular weight is 337 g/mol. The first kappa shape index (κ1) is 16.0. The fourth-order valence-electron chi connectivity index (χ4n) is 3.67. The molecule has 0 saturated heterocycles. The molecule has 1 aliphatic rings. The standard InChI is InChI=1S/C17H20FNOS2/c1-22(20)17(16-19-11-12-21-16,13-5-3-2-4-6-13)14-7-9-15(18)10-8-14/h7-13H,2-6H2,1H3. The number of thiazole rings is 1. The highest BCUT2D eigenvalue weighted by molar-refractivity contribution is 7.92. The summed E-state index contributed by atoms with van der Waals surface area (Å²) in [6.07, 6.45) is 9.21. The van der Waals surface area contributed by atoms with Gasteiger partial charge in [-0.15, -0.1) is 11.3 Å². The van der Waals surface area contributed by atoms with Crippen molar-refractivity contribution >= 4 is 22.5 Å². The first-order chi connectivity index (χ1) is 10.7. The number of benzene rings is 1. The third-order valence-corrected chi connectivity index (χ3v) is 7.36. The van der Waals surface area contributed by atoms with Crippen molar-refractivity contribution in [2.75, 3.05) is 6.26 Å². The van der Waals surface area contributed by atoms with Gasteiger partial charge in [0.25, 0.3) is 0 Å². The molecule has 0 radical (unpaired) electrons. The molecule has 1 saturated carbocycles. The van der Waals surface area contributed by atoms with Crippen molar-refractivity contribution in [1.29, 1.82) is 0 Å². The van der Waals surface area contributed by atoms with Crippen molar-refractivity contribution in [2.45, 2.75) is 36.9 Å². The summed E-state index contributed by atoms with van der Waals surface area (Å²) >= 11 is 0.432. The Labute approximate surface area is 138 Å². The predicted octanol–water partition coefficient (Wildman–Crippen LogP) is 4.48. The number of rotatable bonds is 4. The molecule has 0 N–H and O–H groups in total. The van der Waals surface area contributed by atoms with E-state index < -0.39 is 15.9 Å². The van der Waals surface area contributed by atoms with Crippen LogP contribution in [-0.4, -0.2) is 15.8 Å². The van der Waals surface area contributed by atoms with Crippen LogP contribution in [0.4, 0.5) is 4.39 Å². The van der Waals surface area contributed by atoms with E-state index in [1.54, 1.807) is 35.9 Å². The van der Waals surface area contributed by atoms with E-state index >= 15 is 0 Å². The van der Waals surface area contributed by atoms with Crippen LogP contribution in [0.5, 0.6) is 0 Å². The van der Waals surface area contributed by atoms with Crippen LogP contribution in [0.3, 0.4) is 0 Å². The van der Waals surface area contributed by atoms with Crippen molar-refractivity contribution in [3.8, 4) is 0 Å². The van der Waals surface area contributed by atoms with Gasteiger partial charge >= 0.3 is 0 Å². The smallest absolute Gasteiger partial charge is 0.204 e. The van der Waals surface area contributed by atoms with Crippen molar-refractivity contribution in [3.05, 3.63) is 52.2 Å². The van der Waals surface area contributed by atoms with E-state index in [1.165, 1.54) is 18.6 Å². The molecule has 0 spiro atoms. The summed E-state index contributed by atoms with van der Waals surface area (Å²) in [5.74, 6) is 0.0333. The Bertz CT molecular complexity index is 594. The minimum atomic E-state index is -1.12. The summed E-state index contributed by atoms with van der Waals surface area (Å²) in [6.45, 7) is 0. The zero-order chi connectivity index (χ0) is 15.6. The molecular formula is C17H20FNOS2. The van der Waals surface area contributed by atoms with Crippen LogP contribution in [0, 0.1) is 11.7 Å². The fraction of sp³-hybridized carbons (Fsp3) is 0.471. The Morgan fingerprint density at radius 2 is 1.91 bits per heavy atom. The van der Waals surface area contributed by atoms with Crippen LogP contribution >= 0.6 is 11.3 Å². The zero-order valence-corrected chi connectivity index (χ0v) is 14.3. The Kier molecular flexibility index (Phi) is 4.85. The number of hydrogen-bond acceptors (Lipinski definition) is 3. The molecule has 22 heavy (non-hydrogen) atoms. The molecule has 1 aliphatic carbocycles. The number of nitrogens with zero attached hydrogens (tertiary/aromatic N) is 1. The van der Waals surface area contributed by atoms with Crippen LogP contribution in [0.25, 0.3) is 0 Å². The van der Waals surface area contributed by atoms with E-state index in [0.29, 0.717) is 5.92 Å². The van der Waals surface area contributed by atoms with E-state index in [2.05, 4.69) is 4.98 Å². The van der Waals surface area contributed by atoms with Gasteiger partial charge in [-0.1, -0.05) is 31.4 Å². The molecule has 5 heteroatoms. The quantitative estimate of drug-likeness (QED) is 0.771. The molecule has 2 nitrogen and oxygen atoms in total. The largest absolute Gasteiger partial charge is 0.616 e. The first-order valence-corrected chi connectivity index (χ1v) is 10.1. The molecule has 2 atom stereocenters. The van der Waals surface area contributed by atoms with Gasteiger partial charge in [0.1, 0.15) is 5.82 Å². The topological polar surface area (TPSA) is 36.0 Å². The van der Waals surface area contributed by atoms with Crippen LogP contribution < -0.4 is 0 Å². The Morgan fingerprint density at radius 1 is 1.23 bits per heavy atom. The molecule has 3 rings (SSSR count). The predicted molar refractivity (Wildman–Crippen MR) is 89.9 cm³/mol. The lowest BCUT2D eigenvalue weighted by atomic mass is 9.76. The Morgan fingerprint density at radius 3 is 2.45 bits per heavy atom. The highest BCUT2D eigenvalue weighted by atomic mass is 32.2. The lowest BCUT2D eigenvalue weighted by Gasteiger charge is -2.40. The third kappa shape index (κ3) is 2.70. The fourth-order valence-corrected chi connectivity index (χ4v) is 6.47. The minimum absolute atomic E-state index is 0.262. The lowest BCUT2D eigenvalue weighted by molar-refractivity contribution is 0.295. The Hall–Kier alpha value is -0.910. The second kappa shape index (κ2) is 6.69. The van der Waals surface area contributed by atoms with Gasteiger partial charge in [-0.25, -0.2) is 9.37 Å². The molecule has 0 aliphatic heterocycles. The van der Waals surface area contributed by atoms with Crippen molar-refractivity contribution in [2.24, 2.45) is 5.92 Å². The molecule has 1 heterocycles. The van der Waals surface area contributed by atoms with Gasteiger partial charge < -0.3 is 4.55 Å². The summed E-state index contributed by atoms with van der Waals surface area (Å²) in [4.78, 5) is 4.52. The molecule has 0 amide bonds. The Balaban J connectivity index is 2.16. The van der Waals surface area contributed by atoms with Crippen molar-refractivity contribution < 1.29 is 8.94 Å². The second-order valence-electron chi connectivity index (χ2n) is 5.87. The highest BCUT2D eigenvalue weighted by Gasteiger charge is 2.52. The van der Waals surface area contributed by atoms with E-state index in [1.807, 2.05) is 5.38 Å². The number of hydrogen-bond donors (Lipinski definition) is 0. The normalized spacial score (nSPS) is 20.5.